The Labute approximate surface area is 151 Å². The number of rotatable bonds is 13. The molecule has 1 aromatic carbocycles. The van der Waals surface area contributed by atoms with Crippen LogP contribution in [0.5, 0.6) is 11.5 Å². The minimum Gasteiger partial charge on any atom is -0.490 e. The lowest BCUT2D eigenvalue weighted by Crippen LogP contribution is -2.25. The Bertz CT molecular complexity index is 518. The van der Waals surface area contributed by atoms with Crippen LogP contribution in [0.3, 0.4) is 0 Å². The third kappa shape index (κ3) is 6.94. The Kier molecular flexibility index (Phi) is 10.0. The molecular weight excluding hydrogens is 318 g/mol. The number of aliphatic carboxylic acids is 1. The second kappa shape index (κ2) is 11.7. The van der Waals surface area contributed by atoms with Crippen molar-refractivity contribution in [1.82, 2.24) is 0 Å². The summed E-state index contributed by atoms with van der Waals surface area (Å²) in [5.41, 5.74) is 6.73. The van der Waals surface area contributed by atoms with Gasteiger partial charge in [0.25, 0.3) is 0 Å². The lowest BCUT2D eigenvalue weighted by Gasteiger charge is -2.19. The van der Waals surface area contributed by atoms with E-state index in [0.29, 0.717) is 25.6 Å². The summed E-state index contributed by atoms with van der Waals surface area (Å²) >= 11 is 0. The fraction of sp³-hybridized carbons (Fsp3) is 0.650. The molecule has 0 saturated carbocycles. The molecule has 1 rings (SSSR count). The van der Waals surface area contributed by atoms with Gasteiger partial charge in [0.2, 0.25) is 0 Å². The number of para-hydroxylation sites is 1. The molecule has 0 radical (unpaired) electrons. The molecule has 0 saturated heterocycles. The van der Waals surface area contributed by atoms with Gasteiger partial charge in [-0.15, -0.1) is 0 Å². The lowest BCUT2D eigenvalue weighted by molar-refractivity contribution is -0.142. The molecule has 2 atom stereocenters. The first-order valence-electron chi connectivity index (χ1n) is 9.37. The fourth-order valence-electron chi connectivity index (χ4n) is 3.11. The molecule has 5 heteroatoms. The van der Waals surface area contributed by atoms with E-state index in [1.165, 1.54) is 0 Å². The van der Waals surface area contributed by atoms with E-state index >= 15 is 0 Å². The maximum Gasteiger partial charge on any atom is 0.307 e. The van der Waals surface area contributed by atoms with Gasteiger partial charge in [0.05, 0.1) is 19.1 Å². The number of ether oxygens (including phenoxy) is 2. The van der Waals surface area contributed by atoms with Crippen molar-refractivity contribution in [2.24, 2.45) is 17.6 Å². The number of carboxylic acid groups (broad SMARTS) is 1. The molecule has 1 aromatic rings. The van der Waals surface area contributed by atoms with E-state index in [1.54, 1.807) is 0 Å². The summed E-state index contributed by atoms with van der Waals surface area (Å²) in [5.74, 6) is 0.790. The monoisotopic (exact) mass is 351 g/mol. The summed E-state index contributed by atoms with van der Waals surface area (Å²) in [4.78, 5) is 11.2. The van der Waals surface area contributed by atoms with Crippen LogP contribution in [-0.2, 0) is 11.2 Å². The van der Waals surface area contributed by atoms with Gasteiger partial charge in [-0.05, 0) is 50.7 Å². The molecule has 0 spiro atoms. The van der Waals surface area contributed by atoms with E-state index in [1.807, 2.05) is 26.0 Å². The number of nitrogens with two attached hydrogens (primary N) is 1. The fourth-order valence-corrected chi connectivity index (χ4v) is 3.11. The Morgan fingerprint density at radius 3 is 2.48 bits per heavy atom. The van der Waals surface area contributed by atoms with Crippen LogP contribution >= 0.6 is 0 Å². The summed E-state index contributed by atoms with van der Waals surface area (Å²) < 4.78 is 11.5. The minimum atomic E-state index is -0.788. The standard InChI is InChI=1S/C20H33NO4/c1-4-15(13-17(14-21)20(22)23)9-7-10-16-11-8-12-18(24-5-2)19(16)25-6-3/h8,11-12,15,17H,4-7,9-10,13-14,21H2,1-3H3,(H,22,23). The average molecular weight is 351 g/mol. The van der Waals surface area contributed by atoms with Crippen molar-refractivity contribution in [2.75, 3.05) is 19.8 Å². The number of hydrogen-bond donors (Lipinski definition) is 2. The normalized spacial score (nSPS) is 13.3. The van der Waals surface area contributed by atoms with Gasteiger partial charge in [-0.3, -0.25) is 4.79 Å². The van der Waals surface area contributed by atoms with Gasteiger partial charge < -0.3 is 20.3 Å². The first kappa shape index (κ1) is 21.3. The van der Waals surface area contributed by atoms with E-state index < -0.39 is 11.9 Å². The van der Waals surface area contributed by atoms with Gasteiger partial charge in [0, 0.05) is 6.54 Å². The number of carboxylic acids is 1. The highest BCUT2D eigenvalue weighted by Crippen LogP contribution is 2.33. The molecule has 5 nitrogen and oxygen atoms in total. The van der Waals surface area contributed by atoms with Gasteiger partial charge in [0.15, 0.2) is 11.5 Å². The Morgan fingerprint density at radius 2 is 1.92 bits per heavy atom. The zero-order valence-corrected chi connectivity index (χ0v) is 15.8. The molecular formula is C20H33NO4. The highest BCUT2D eigenvalue weighted by Gasteiger charge is 2.20. The maximum atomic E-state index is 11.2. The van der Waals surface area contributed by atoms with Crippen LogP contribution in [0.25, 0.3) is 0 Å². The predicted octanol–water partition coefficient (Wildman–Crippen LogP) is 3.88. The first-order chi connectivity index (χ1) is 12.1. The van der Waals surface area contributed by atoms with Gasteiger partial charge in [-0.2, -0.15) is 0 Å². The Balaban J connectivity index is 2.67. The summed E-state index contributed by atoms with van der Waals surface area (Å²) in [6.07, 6.45) is 4.50. The molecule has 0 aliphatic heterocycles. The highest BCUT2D eigenvalue weighted by atomic mass is 16.5. The largest absolute Gasteiger partial charge is 0.490 e. The van der Waals surface area contributed by atoms with Crippen molar-refractivity contribution in [3.05, 3.63) is 23.8 Å². The molecule has 2 unspecified atom stereocenters. The van der Waals surface area contributed by atoms with Crippen LogP contribution < -0.4 is 15.2 Å². The second-order valence-electron chi connectivity index (χ2n) is 6.28. The number of aryl methyl sites for hydroxylation is 1. The van der Waals surface area contributed by atoms with Crippen molar-refractivity contribution in [2.45, 2.75) is 52.9 Å². The number of hydrogen-bond acceptors (Lipinski definition) is 4. The zero-order chi connectivity index (χ0) is 18.7. The molecule has 142 valence electrons. The van der Waals surface area contributed by atoms with E-state index in [-0.39, 0.29) is 6.54 Å². The molecule has 0 aromatic heterocycles. The summed E-state index contributed by atoms with van der Waals surface area (Å²) in [6.45, 7) is 7.46. The van der Waals surface area contributed by atoms with Crippen LogP contribution in [0.4, 0.5) is 0 Å². The first-order valence-corrected chi connectivity index (χ1v) is 9.37. The van der Waals surface area contributed by atoms with Crippen LogP contribution in [0.2, 0.25) is 0 Å². The van der Waals surface area contributed by atoms with Gasteiger partial charge in [0.1, 0.15) is 0 Å². The number of carbonyl (C=O) groups is 1. The van der Waals surface area contributed by atoms with Crippen molar-refractivity contribution in [3.8, 4) is 11.5 Å². The SMILES string of the molecule is CCOc1cccc(CCCC(CC)CC(CN)C(=O)O)c1OCC. The lowest BCUT2D eigenvalue weighted by atomic mass is 9.88. The van der Waals surface area contributed by atoms with Crippen molar-refractivity contribution in [3.63, 3.8) is 0 Å². The quantitative estimate of drug-likeness (QED) is 0.563. The molecule has 0 heterocycles. The maximum absolute atomic E-state index is 11.2. The third-order valence-electron chi connectivity index (χ3n) is 4.54. The van der Waals surface area contributed by atoms with Crippen molar-refractivity contribution in [1.29, 1.82) is 0 Å². The van der Waals surface area contributed by atoms with Crippen LogP contribution in [0.15, 0.2) is 18.2 Å². The predicted molar refractivity (Wildman–Crippen MR) is 100 cm³/mol. The van der Waals surface area contributed by atoms with E-state index in [0.717, 1.165) is 42.7 Å². The smallest absolute Gasteiger partial charge is 0.307 e. The molecule has 0 aliphatic rings. The van der Waals surface area contributed by atoms with Gasteiger partial charge in [-0.1, -0.05) is 31.9 Å². The summed E-state index contributed by atoms with van der Waals surface area (Å²) in [5, 5.41) is 9.19. The zero-order valence-electron chi connectivity index (χ0n) is 15.8. The topological polar surface area (TPSA) is 81.8 Å². The third-order valence-corrected chi connectivity index (χ3v) is 4.54. The van der Waals surface area contributed by atoms with Gasteiger partial charge in [-0.25, -0.2) is 0 Å². The van der Waals surface area contributed by atoms with Crippen LogP contribution in [-0.4, -0.2) is 30.8 Å². The van der Waals surface area contributed by atoms with Gasteiger partial charge >= 0.3 is 5.97 Å². The summed E-state index contributed by atoms with van der Waals surface area (Å²) in [7, 11) is 0. The summed E-state index contributed by atoms with van der Waals surface area (Å²) in [6, 6.07) is 6.01. The average Bonchev–Trinajstić information content (AvgIpc) is 2.60. The molecule has 0 aliphatic carbocycles. The molecule has 0 fully saturated rings. The number of benzene rings is 1. The molecule has 3 N–H and O–H groups in total. The van der Waals surface area contributed by atoms with E-state index in [4.69, 9.17) is 15.2 Å². The molecule has 0 bridgehead atoms. The Morgan fingerprint density at radius 1 is 1.20 bits per heavy atom. The van der Waals surface area contributed by atoms with E-state index in [9.17, 15) is 9.90 Å². The van der Waals surface area contributed by atoms with Crippen molar-refractivity contribution < 1.29 is 19.4 Å². The molecule has 0 amide bonds. The van der Waals surface area contributed by atoms with Crippen LogP contribution in [0, 0.1) is 11.8 Å². The second-order valence-corrected chi connectivity index (χ2v) is 6.28. The molecule has 25 heavy (non-hydrogen) atoms. The van der Waals surface area contributed by atoms with Crippen molar-refractivity contribution >= 4 is 5.97 Å². The Hall–Kier alpha value is -1.75. The highest BCUT2D eigenvalue weighted by molar-refractivity contribution is 5.70. The van der Waals surface area contributed by atoms with Crippen LogP contribution in [0.1, 0.15) is 52.0 Å². The minimum absolute atomic E-state index is 0.205. The van der Waals surface area contributed by atoms with E-state index in [2.05, 4.69) is 13.0 Å².